The maximum atomic E-state index is 6.83. The monoisotopic (exact) mass is 728 g/mol. The summed E-state index contributed by atoms with van der Waals surface area (Å²) < 4.78 is 53.7. The van der Waals surface area contributed by atoms with Crippen LogP contribution in [-0.2, 0) is 9.47 Å². The van der Waals surface area contributed by atoms with E-state index in [2.05, 4.69) is 58.9 Å². The van der Waals surface area contributed by atoms with Crippen LogP contribution in [0.2, 0.25) is 0 Å². The number of benzene rings is 4. The van der Waals surface area contributed by atoms with Crippen LogP contribution in [0, 0.1) is 18.8 Å². The first-order chi connectivity index (χ1) is 25.5. The van der Waals surface area contributed by atoms with Crippen molar-refractivity contribution >= 4 is 0 Å². The topological polar surface area (TPSA) is 83.1 Å². The number of hydrogen-bond donors (Lipinski definition) is 0. The Kier molecular flexibility index (Phi) is 13.1. The normalized spacial score (nSPS) is 20.5. The Labute approximate surface area is 315 Å². The van der Waals surface area contributed by atoms with Gasteiger partial charge in [-0.1, -0.05) is 51.1 Å². The molecule has 53 heavy (non-hydrogen) atoms. The van der Waals surface area contributed by atoms with Crippen molar-refractivity contribution in [2.75, 3.05) is 42.7 Å². The summed E-state index contributed by atoms with van der Waals surface area (Å²) in [4.78, 5) is 0. The van der Waals surface area contributed by atoms with Crippen molar-refractivity contribution in [1.82, 2.24) is 0 Å². The van der Waals surface area contributed by atoms with E-state index in [0.29, 0.717) is 34.5 Å². The summed E-state index contributed by atoms with van der Waals surface area (Å²) in [5.41, 5.74) is 5.27. The highest BCUT2D eigenvalue weighted by Gasteiger charge is 2.41. The number of hydrogen-bond acceptors (Lipinski definition) is 9. The van der Waals surface area contributed by atoms with Crippen LogP contribution in [0.5, 0.6) is 40.2 Å². The van der Waals surface area contributed by atoms with Gasteiger partial charge in [-0.05, 0) is 103 Å². The highest BCUT2D eigenvalue weighted by molar-refractivity contribution is 5.47. The van der Waals surface area contributed by atoms with Crippen LogP contribution >= 0.6 is 0 Å². The van der Waals surface area contributed by atoms with E-state index < -0.39 is 0 Å². The second-order valence-electron chi connectivity index (χ2n) is 14.0. The lowest BCUT2D eigenvalue weighted by Gasteiger charge is -2.26. The predicted octanol–water partition coefficient (Wildman–Crippen LogP) is 9.85. The first-order valence-electron chi connectivity index (χ1n) is 18.2. The van der Waals surface area contributed by atoms with Crippen molar-refractivity contribution in [2.24, 2.45) is 11.8 Å². The molecule has 4 aromatic carbocycles. The summed E-state index contributed by atoms with van der Waals surface area (Å²) in [6.07, 6.45) is -1.09. The Morgan fingerprint density at radius 1 is 0.491 bits per heavy atom. The van der Waals surface area contributed by atoms with Gasteiger partial charge in [-0.2, -0.15) is 0 Å². The number of rotatable bonds is 16. The van der Waals surface area contributed by atoms with Gasteiger partial charge in [0, 0.05) is 13.0 Å². The third-order valence-electron chi connectivity index (χ3n) is 10.8. The van der Waals surface area contributed by atoms with Gasteiger partial charge < -0.3 is 42.6 Å². The fourth-order valence-corrected chi connectivity index (χ4v) is 7.29. The average molecular weight is 729 g/mol. The number of ether oxygens (including phenoxy) is 9. The molecular formula is C44H56O9. The van der Waals surface area contributed by atoms with E-state index >= 15 is 0 Å². The highest BCUT2D eigenvalue weighted by Crippen LogP contribution is 2.51. The lowest BCUT2D eigenvalue weighted by atomic mass is 9.85. The first-order valence-corrected chi connectivity index (χ1v) is 18.2. The summed E-state index contributed by atoms with van der Waals surface area (Å²) in [5.74, 6) is 5.40. The zero-order valence-corrected chi connectivity index (χ0v) is 33.2. The van der Waals surface area contributed by atoms with Crippen LogP contribution in [0.1, 0.15) is 86.7 Å². The molecular weight excluding hydrogens is 672 g/mol. The molecule has 0 bridgehead atoms. The molecule has 1 aliphatic heterocycles. The summed E-state index contributed by atoms with van der Waals surface area (Å²) in [6, 6.07) is 24.2. The van der Waals surface area contributed by atoms with E-state index in [0.717, 1.165) is 28.0 Å². The highest BCUT2D eigenvalue weighted by atomic mass is 16.6. The largest absolute Gasteiger partial charge is 0.496 e. The van der Waals surface area contributed by atoms with Gasteiger partial charge in [-0.3, -0.25) is 0 Å². The van der Waals surface area contributed by atoms with Crippen LogP contribution in [0.25, 0.3) is 0 Å². The maximum absolute atomic E-state index is 6.83. The fraction of sp³-hybridized carbons (Fsp3) is 0.455. The van der Waals surface area contributed by atoms with Gasteiger partial charge in [0.15, 0.2) is 34.5 Å². The molecule has 5 rings (SSSR count). The standard InChI is InChI=1S/C44H56O9/c1-25-21-31(13-17-35(25)45-7)28(4)29(5)51-37-19-15-32(22-40(37)48-10)42-26(2)27(3)43(53-42)33-16-20-38(41(23-33)49-11)52-30(6)44(50-12)34-14-18-36(46-8)39(24-34)47-9/h13-24,26-30,42-44H,1-12H3/t26-,27-,28+,29-,30-,42?,43?,44+/m1/s1. The Morgan fingerprint density at radius 3 is 1.43 bits per heavy atom. The molecule has 1 aliphatic rings. The molecule has 1 fully saturated rings. The number of aryl methyl sites for hydroxylation is 1. The molecule has 0 amide bonds. The van der Waals surface area contributed by atoms with Gasteiger partial charge in [-0.25, -0.2) is 0 Å². The molecule has 9 nitrogen and oxygen atoms in total. The zero-order chi connectivity index (χ0) is 38.4. The Hall–Kier alpha value is -4.60. The predicted molar refractivity (Wildman–Crippen MR) is 207 cm³/mol. The lowest BCUT2D eigenvalue weighted by molar-refractivity contribution is 0.00815. The second-order valence-corrected chi connectivity index (χ2v) is 14.0. The van der Waals surface area contributed by atoms with Gasteiger partial charge >= 0.3 is 0 Å². The SMILES string of the molecule is COc1ccc([C@@H](C)[C@@H](C)Oc2ccc(C3OC(c4ccc(O[C@H](C)[C@H](OC)c5ccc(OC)c(OC)c5)c(OC)c4)[C@H](C)[C@H]3C)cc2OC)cc1C. The molecule has 0 N–H and O–H groups in total. The van der Waals surface area contributed by atoms with Crippen LogP contribution in [-0.4, -0.2) is 54.9 Å². The van der Waals surface area contributed by atoms with Crippen molar-refractivity contribution in [1.29, 1.82) is 0 Å². The van der Waals surface area contributed by atoms with Gasteiger partial charge in [0.2, 0.25) is 0 Å². The van der Waals surface area contributed by atoms with Gasteiger partial charge in [-0.15, -0.1) is 0 Å². The lowest BCUT2D eigenvalue weighted by Crippen LogP contribution is -2.24. The molecule has 0 saturated carbocycles. The molecule has 0 radical (unpaired) electrons. The Bertz CT molecular complexity index is 1820. The fourth-order valence-electron chi connectivity index (χ4n) is 7.29. The summed E-state index contributed by atoms with van der Waals surface area (Å²) in [7, 11) is 9.92. The van der Waals surface area contributed by atoms with Crippen molar-refractivity contribution in [2.45, 2.75) is 78.0 Å². The minimum atomic E-state index is -0.364. The quantitative estimate of drug-likeness (QED) is 0.112. The molecule has 286 valence electrons. The molecule has 9 heteroatoms. The molecule has 0 aliphatic carbocycles. The zero-order valence-electron chi connectivity index (χ0n) is 33.2. The van der Waals surface area contributed by atoms with Gasteiger partial charge in [0.1, 0.15) is 24.1 Å². The van der Waals surface area contributed by atoms with Crippen molar-refractivity contribution in [3.63, 3.8) is 0 Å². The van der Waals surface area contributed by atoms with Crippen LogP contribution in [0.15, 0.2) is 72.8 Å². The third kappa shape index (κ3) is 8.47. The summed E-state index contributed by atoms with van der Waals surface area (Å²) in [6.45, 7) is 12.8. The molecule has 0 spiro atoms. The van der Waals surface area contributed by atoms with Crippen molar-refractivity contribution < 1.29 is 42.6 Å². The van der Waals surface area contributed by atoms with Crippen molar-refractivity contribution in [3.8, 4) is 40.2 Å². The van der Waals surface area contributed by atoms with Gasteiger partial charge in [0.05, 0.1) is 47.8 Å². The third-order valence-corrected chi connectivity index (χ3v) is 10.8. The Morgan fingerprint density at radius 2 is 0.943 bits per heavy atom. The molecule has 4 aromatic rings. The smallest absolute Gasteiger partial charge is 0.161 e. The van der Waals surface area contributed by atoms with E-state index in [4.69, 9.17) is 42.6 Å². The number of methoxy groups -OCH3 is 6. The van der Waals surface area contributed by atoms with Crippen LogP contribution in [0.4, 0.5) is 0 Å². The molecule has 1 heterocycles. The van der Waals surface area contributed by atoms with E-state index in [9.17, 15) is 0 Å². The Balaban J connectivity index is 1.30. The van der Waals surface area contributed by atoms with E-state index in [1.807, 2.05) is 55.5 Å². The van der Waals surface area contributed by atoms with E-state index in [1.54, 1.807) is 42.7 Å². The van der Waals surface area contributed by atoms with Gasteiger partial charge in [0.25, 0.3) is 0 Å². The first kappa shape index (κ1) is 39.6. The van der Waals surface area contributed by atoms with Crippen LogP contribution < -0.4 is 33.2 Å². The molecule has 0 aromatic heterocycles. The van der Waals surface area contributed by atoms with Crippen LogP contribution in [0.3, 0.4) is 0 Å². The summed E-state index contributed by atoms with van der Waals surface area (Å²) >= 11 is 0. The minimum Gasteiger partial charge on any atom is -0.496 e. The average Bonchev–Trinajstić information content (AvgIpc) is 3.47. The molecule has 8 atom stereocenters. The minimum absolute atomic E-state index is 0.0927. The van der Waals surface area contributed by atoms with E-state index in [-0.39, 0.29) is 48.3 Å². The summed E-state index contributed by atoms with van der Waals surface area (Å²) in [5, 5.41) is 0. The second kappa shape index (κ2) is 17.5. The maximum Gasteiger partial charge on any atom is 0.161 e. The van der Waals surface area contributed by atoms with E-state index in [1.165, 1.54) is 5.56 Å². The molecule has 1 saturated heterocycles. The van der Waals surface area contributed by atoms with Crippen molar-refractivity contribution in [3.05, 3.63) is 101 Å². The molecule has 2 unspecified atom stereocenters.